The largest absolute Gasteiger partial charge is 3.00 e. The minimum atomic E-state index is -2.28. The summed E-state index contributed by atoms with van der Waals surface area (Å²) >= 11 is 42.6. The van der Waals surface area contributed by atoms with Crippen LogP contribution < -0.4 is 49.7 Å². The van der Waals surface area contributed by atoms with Gasteiger partial charge < -0.3 is 64.1 Å². The molecule has 3 atom stereocenters. The minimum Gasteiger partial charge on any atom is -0.545 e. The molecule has 0 aromatic heterocycles. The van der Waals surface area contributed by atoms with E-state index in [2.05, 4.69) is 14.3 Å². The van der Waals surface area contributed by atoms with Gasteiger partial charge in [0.15, 0.2) is 17.9 Å². The van der Waals surface area contributed by atoms with Crippen LogP contribution >= 0.6 is 133 Å². The quantitative estimate of drug-likeness (QED) is 0.0639. The minimum absolute atomic E-state index is 0. The standard InChI is InChI=1S/3C2HCl3O2.3CH6N3P.Cr/c3*3-2(4,5)1(6)7;3*2-1(3)4-5;/h3*(H,6,7);3*5H2,(H4,2,3,4);/q;;;;;;+3/p-3. The SMILES string of the molecule is NC(N)=NP.NC(N)=NP.NC(N)=NP.O=C([O-])C(Cl)(Cl)Cl.O=C([O-])C(Cl)(Cl)Cl.O=C([O-])C(Cl)(Cl)Cl.[Cr+3]. The van der Waals surface area contributed by atoms with E-state index in [1.165, 1.54) is 0 Å². The summed E-state index contributed by atoms with van der Waals surface area (Å²) in [6.45, 7) is 0. The second-order valence-electron chi connectivity index (χ2n) is 4.02. The molecule has 0 heterocycles. The van der Waals surface area contributed by atoms with Crippen LogP contribution in [-0.2, 0) is 31.7 Å². The molecule has 0 fully saturated rings. The van der Waals surface area contributed by atoms with Crippen LogP contribution in [0.5, 0.6) is 0 Å². The van der Waals surface area contributed by atoms with E-state index < -0.39 is 29.3 Å². The molecule has 15 nitrogen and oxygen atoms in total. The number of hydrogen-bond acceptors (Lipinski definition) is 9. The number of hydrogen-bond donors (Lipinski definition) is 6. The molecule has 0 aliphatic carbocycles. The van der Waals surface area contributed by atoms with E-state index in [0.717, 1.165) is 0 Å². The molecule has 3 unspecified atom stereocenters. The molecule has 37 heavy (non-hydrogen) atoms. The van der Waals surface area contributed by atoms with Crippen molar-refractivity contribution < 1.29 is 47.1 Å². The zero-order valence-corrected chi connectivity index (χ0v) is 28.8. The summed E-state index contributed by atoms with van der Waals surface area (Å²) in [7, 11) is 6.10. The summed E-state index contributed by atoms with van der Waals surface area (Å²) in [5.74, 6) is -4.85. The third kappa shape index (κ3) is 72.4. The van der Waals surface area contributed by atoms with Crippen molar-refractivity contribution in [3.63, 3.8) is 0 Å². The summed E-state index contributed by atoms with van der Waals surface area (Å²) in [5.41, 5.74) is 28.8. The van der Waals surface area contributed by atoms with Crippen molar-refractivity contribution in [1.82, 2.24) is 0 Å². The first-order valence-corrected chi connectivity index (χ1v) is 11.8. The molecule has 0 aliphatic rings. The van der Waals surface area contributed by atoms with Gasteiger partial charge in [-0.05, 0) is 28.2 Å². The third-order valence-electron chi connectivity index (χ3n) is 1.14. The van der Waals surface area contributed by atoms with Crippen molar-refractivity contribution in [2.45, 2.75) is 11.4 Å². The average Bonchev–Trinajstić information content (AvgIpc) is 2.67. The molecule has 0 rings (SSSR count). The van der Waals surface area contributed by atoms with Crippen LogP contribution in [0.1, 0.15) is 0 Å². The normalized spacial score (nSPS) is 9.08. The molecule has 0 saturated carbocycles. The Labute approximate surface area is 273 Å². The number of rotatable bonds is 0. The molecule has 0 aromatic rings. The predicted molar refractivity (Wildman–Crippen MR) is 152 cm³/mol. The number of halogens is 9. The molecule has 1 radical (unpaired) electrons. The van der Waals surface area contributed by atoms with Crippen molar-refractivity contribution in [3.05, 3.63) is 0 Å². The first-order valence-electron chi connectivity index (χ1n) is 6.85. The molecular formula is C9H18Cl9CrN9O6P3. The summed E-state index contributed by atoms with van der Waals surface area (Å²) in [6.07, 6.45) is 0. The van der Waals surface area contributed by atoms with Gasteiger partial charge >= 0.3 is 17.4 Å². The molecular weight excluding hydrogens is 794 g/mol. The van der Waals surface area contributed by atoms with Gasteiger partial charge in [0.25, 0.3) is 0 Å². The van der Waals surface area contributed by atoms with Crippen molar-refractivity contribution in [2.24, 2.45) is 48.7 Å². The van der Waals surface area contributed by atoms with Crippen LogP contribution in [0, 0.1) is 0 Å². The van der Waals surface area contributed by atoms with E-state index in [-0.39, 0.29) is 35.2 Å². The van der Waals surface area contributed by atoms with Crippen molar-refractivity contribution >= 4 is 168 Å². The molecule has 0 bridgehead atoms. The summed E-state index contributed by atoms with van der Waals surface area (Å²) < 4.78 is 3.00. The number of carboxylic acids is 3. The Morgan fingerprint density at radius 1 is 0.486 bits per heavy atom. The molecule has 0 spiro atoms. The smallest absolute Gasteiger partial charge is 0.545 e. The van der Waals surface area contributed by atoms with Crippen molar-refractivity contribution in [1.29, 1.82) is 0 Å². The number of nitrogens with zero attached hydrogens (tertiary/aromatic N) is 3. The van der Waals surface area contributed by atoms with Crippen LogP contribution in [0.4, 0.5) is 0 Å². The molecule has 0 aliphatic heterocycles. The first-order chi connectivity index (χ1) is 15.6. The number of nitrogens with two attached hydrogens (primary N) is 6. The second-order valence-corrected chi connectivity index (χ2v) is 11.6. The zero-order chi connectivity index (χ0) is 31.1. The van der Waals surface area contributed by atoms with Crippen LogP contribution in [0.15, 0.2) is 14.3 Å². The summed E-state index contributed by atoms with van der Waals surface area (Å²) in [5, 5.41) is 28.5. The Kier molecular flexibility index (Phi) is 43.1. The number of carbonyl (C=O) groups is 3. The molecule has 12 N–H and O–H groups in total. The summed E-state index contributed by atoms with van der Waals surface area (Å²) in [4.78, 5) is 28.5. The van der Waals surface area contributed by atoms with E-state index >= 15 is 0 Å². The fourth-order valence-corrected chi connectivity index (χ4v) is 0. The van der Waals surface area contributed by atoms with Crippen molar-refractivity contribution in [2.75, 3.05) is 0 Å². The number of carboxylic acid groups (broad SMARTS) is 3. The Balaban J connectivity index is -0.0000000585. The van der Waals surface area contributed by atoms with Gasteiger partial charge in [-0.25, -0.2) is 14.3 Å². The van der Waals surface area contributed by atoms with Gasteiger partial charge in [-0.1, -0.05) is 104 Å². The predicted octanol–water partition coefficient (Wildman–Crippen LogP) is -2.53. The Morgan fingerprint density at radius 2 is 0.541 bits per heavy atom. The first kappa shape index (κ1) is 53.8. The fourth-order valence-electron chi connectivity index (χ4n) is 0. The Bertz CT molecular complexity index is 630. The third-order valence-corrected chi connectivity index (χ3v) is 3.42. The van der Waals surface area contributed by atoms with Gasteiger partial charge in [0, 0.05) is 0 Å². The summed E-state index contributed by atoms with van der Waals surface area (Å²) in [6, 6.07) is 0. The molecule has 0 amide bonds. The maximum atomic E-state index is 9.51. The number of guanidine groups is 3. The second kappa shape index (κ2) is 29.6. The van der Waals surface area contributed by atoms with Gasteiger partial charge in [0.1, 0.15) is 0 Å². The fraction of sp³-hybridized carbons (Fsp3) is 0.333. The molecule has 219 valence electrons. The van der Waals surface area contributed by atoms with E-state index in [0.29, 0.717) is 0 Å². The van der Waals surface area contributed by atoms with Gasteiger partial charge in [0.2, 0.25) is 11.4 Å². The number of alkyl halides is 9. The van der Waals surface area contributed by atoms with E-state index in [1.807, 2.05) is 28.2 Å². The van der Waals surface area contributed by atoms with Crippen LogP contribution in [-0.4, -0.2) is 47.2 Å². The monoisotopic (exact) mass is 808 g/mol. The Hall–Kier alpha value is 0.652. The van der Waals surface area contributed by atoms with E-state index in [9.17, 15) is 29.7 Å². The van der Waals surface area contributed by atoms with Crippen molar-refractivity contribution in [3.8, 4) is 0 Å². The van der Waals surface area contributed by atoms with Crippen LogP contribution in [0.3, 0.4) is 0 Å². The van der Waals surface area contributed by atoms with E-state index in [4.69, 9.17) is 139 Å². The average molecular weight is 812 g/mol. The maximum Gasteiger partial charge on any atom is 3.00 e. The zero-order valence-electron chi connectivity index (χ0n) is 17.3. The molecule has 0 saturated heterocycles. The van der Waals surface area contributed by atoms with Gasteiger partial charge in [-0.2, -0.15) is 0 Å². The maximum absolute atomic E-state index is 9.51. The molecule has 28 heteroatoms. The van der Waals surface area contributed by atoms with Crippen LogP contribution in [0.25, 0.3) is 0 Å². The topological polar surface area (TPSA) is 314 Å². The van der Waals surface area contributed by atoms with Crippen LogP contribution in [0.2, 0.25) is 0 Å². The van der Waals surface area contributed by atoms with Gasteiger partial charge in [-0.15, -0.1) is 0 Å². The van der Waals surface area contributed by atoms with E-state index in [1.54, 1.807) is 0 Å². The van der Waals surface area contributed by atoms with Gasteiger partial charge in [-0.3, -0.25) is 0 Å². The number of carbonyl (C=O) groups excluding carboxylic acids is 3. The molecule has 0 aromatic carbocycles. The van der Waals surface area contributed by atoms with Gasteiger partial charge in [0.05, 0.1) is 17.9 Å². The number of aliphatic carboxylic acids is 3. The Morgan fingerprint density at radius 3 is 0.541 bits per heavy atom.